The van der Waals surface area contributed by atoms with Gasteiger partial charge < -0.3 is 24.3 Å². The van der Waals surface area contributed by atoms with Gasteiger partial charge in [-0.15, -0.1) is 0 Å². The van der Waals surface area contributed by atoms with Crippen molar-refractivity contribution in [1.29, 1.82) is 0 Å². The molecule has 2 aliphatic rings. The fraction of sp³-hybridized carbons (Fsp3) is 0.435. The highest BCUT2D eigenvalue weighted by molar-refractivity contribution is 5.99. The van der Waals surface area contributed by atoms with Gasteiger partial charge in [-0.05, 0) is 55.8 Å². The van der Waals surface area contributed by atoms with E-state index < -0.39 is 0 Å². The van der Waals surface area contributed by atoms with E-state index in [4.69, 9.17) is 18.9 Å². The molecule has 1 amide bonds. The highest BCUT2D eigenvalue weighted by Gasteiger charge is 2.26. The molecule has 2 aromatic carbocycles. The lowest BCUT2D eigenvalue weighted by atomic mass is 10.0. The Balaban J connectivity index is 1.56. The van der Waals surface area contributed by atoms with Gasteiger partial charge in [0.1, 0.15) is 17.1 Å². The van der Waals surface area contributed by atoms with E-state index in [2.05, 4.69) is 16.3 Å². The van der Waals surface area contributed by atoms with Crippen LogP contribution in [0.3, 0.4) is 0 Å². The van der Waals surface area contributed by atoms with Crippen LogP contribution in [0.2, 0.25) is 0 Å². The topological polar surface area (TPSA) is 69.3 Å². The molecule has 160 valence electrons. The van der Waals surface area contributed by atoms with Crippen LogP contribution < -0.4 is 24.3 Å². The van der Waals surface area contributed by atoms with E-state index in [1.165, 1.54) is 6.42 Å². The first-order valence-corrected chi connectivity index (χ1v) is 10.3. The summed E-state index contributed by atoms with van der Waals surface area (Å²) < 4.78 is 21.8. The van der Waals surface area contributed by atoms with Crippen molar-refractivity contribution in [3.63, 3.8) is 0 Å². The summed E-state index contributed by atoms with van der Waals surface area (Å²) in [7, 11) is 3.10. The van der Waals surface area contributed by atoms with Crippen molar-refractivity contribution in [3.05, 3.63) is 47.5 Å². The maximum Gasteiger partial charge on any atom is 0.258 e. The first kappa shape index (κ1) is 20.3. The molecule has 0 spiro atoms. The maximum absolute atomic E-state index is 13.1. The Morgan fingerprint density at radius 2 is 1.73 bits per heavy atom. The Bertz CT molecular complexity index is 873. The van der Waals surface area contributed by atoms with Crippen LogP contribution in [0.5, 0.6) is 23.0 Å². The van der Waals surface area contributed by atoms with Crippen molar-refractivity contribution in [2.75, 3.05) is 40.6 Å². The zero-order valence-corrected chi connectivity index (χ0v) is 17.5. The lowest BCUT2D eigenvalue weighted by Gasteiger charge is -2.35. The molecule has 0 saturated carbocycles. The predicted molar refractivity (Wildman–Crippen MR) is 113 cm³/mol. The van der Waals surface area contributed by atoms with Gasteiger partial charge in [0.25, 0.3) is 5.91 Å². The van der Waals surface area contributed by atoms with Gasteiger partial charge in [-0.1, -0.05) is 18.6 Å². The normalized spacial score (nSPS) is 16.7. The standard InChI is InChI=1S/C23H28N2O5/c1-27-19-7-6-8-20(28-2)22(19)23(26)24-14-17(25-11-4-3-5-12-25)16-9-10-18-21(13-16)30-15-29-18/h6-10,13,17H,3-5,11-12,14-15H2,1-2H3,(H,24,26). The lowest BCUT2D eigenvalue weighted by molar-refractivity contribution is 0.0918. The van der Waals surface area contributed by atoms with Gasteiger partial charge in [0.2, 0.25) is 6.79 Å². The number of carbonyl (C=O) groups is 1. The van der Waals surface area contributed by atoms with E-state index in [9.17, 15) is 4.79 Å². The highest BCUT2D eigenvalue weighted by atomic mass is 16.7. The molecule has 30 heavy (non-hydrogen) atoms. The quantitative estimate of drug-likeness (QED) is 0.752. The fourth-order valence-corrected chi connectivity index (χ4v) is 4.16. The third-order valence-corrected chi connectivity index (χ3v) is 5.72. The third kappa shape index (κ3) is 4.16. The minimum Gasteiger partial charge on any atom is -0.496 e. The van der Waals surface area contributed by atoms with Crippen LogP contribution in [0.1, 0.15) is 41.2 Å². The molecule has 7 heteroatoms. The van der Waals surface area contributed by atoms with Crippen LogP contribution in [-0.2, 0) is 0 Å². The van der Waals surface area contributed by atoms with Crippen LogP contribution in [0.15, 0.2) is 36.4 Å². The summed E-state index contributed by atoms with van der Waals surface area (Å²) in [6.07, 6.45) is 3.57. The Kier molecular flexibility index (Phi) is 6.28. The van der Waals surface area contributed by atoms with Crippen molar-refractivity contribution in [2.24, 2.45) is 0 Å². The van der Waals surface area contributed by atoms with Crippen LogP contribution >= 0.6 is 0 Å². The molecule has 0 aromatic heterocycles. The summed E-state index contributed by atoms with van der Waals surface area (Å²) in [6, 6.07) is 11.4. The van der Waals surface area contributed by atoms with Crippen LogP contribution in [-0.4, -0.2) is 51.5 Å². The number of likely N-dealkylation sites (tertiary alicyclic amines) is 1. The zero-order valence-electron chi connectivity index (χ0n) is 17.5. The van der Waals surface area contributed by atoms with E-state index >= 15 is 0 Å². The van der Waals surface area contributed by atoms with E-state index in [-0.39, 0.29) is 18.7 Å². The van der Waals surface area contributed by atoms with Gasteiger partial charge in [-0.3, -0.25) is 9.69 Å². The SMILES string of the molecule is COc1cccc(OC)c1C(=O)NCC(c1ccc2c(c1)OCO2)N1CCCCC1. The Morgan fingerprint density at radius 3 is 2.43 bits per heavy atom. The highest BCUT2D eigenvalue weighted by Crippen LogP contribution is 2.36. The molecule has 2 aliphatic heterocycles. The van der Waals surface area contributed by atoms with Crippen LogP contribution in [0.4, 0.5) is 0 Å². The van der Waals surface area contributed by atoms with Gasteiger partial charge >= 0.3 is 0 Å². The van der Waals surface area contributed by atoms with Gasteiger partial charge in [-0.2, -0.15) is 0 Å². The van der Waals surface area contributed by atoms with Crippen molar-refractivity contribution in [3.8, 4) is 23.0 Å². The summed E-state index contributed by atoms with van der Waals surface area (Å²) >= 11 is 0. The van der Waals surface area contributed by atoms with E-state index in [0.29, 0.717) is 23.6 Å². The molecule has 7 nitrogen and oxygen atoms in total. The molecule has 1 saturated heterocycles. The number of nitrogens with zero attached hydrogens (tertiary/aromatic N) is 1. The predicted octanol–water partition coefficient (Wildman–Crippen LogP) is 3.39. The minimum absolute atomic E-state index is 0.0458. The second-order valence-corrected chi connectivity index (χ2v) is 7.47. The first-order chi connectivity index (χ1) is 14.7. The summed E-state index contributed by atoms with van der Waals surface area (Å²) in [6.45, 7) is 2.73. The summed E-state index contributed by atoms with van der Waals surface area (Å²) in [5, 5.41) is 3.10. The molecule has 2 aromatic rings. The Morgan fingerprint density at radius 1 is 1.03 bits per heavy atom. The van der Waals surface area contributed by atoms with E-state index in [1.807, 2.05) is 12.1 Å². The third-order valence-electron chi connectivity index (χ3n) is 5.72. The average Bonchev–Trinajstić information content (AvgIpc) is 3.27. The molecule has 2 heterocycles. The number of fused-ring (bicyclic) bond motifs is 1. The number of methoxy groups -OCH3 is 2. The number of amides is 1. The van der Waals surface area contributed by atoms with Gasteiger partial charge in [0.05, 0.1) is 20.3 Å². The number of rotatable bonds is 7. The molecule has 1 N–H and O–H groups in total. The first-order valence-electron chi connectivity index (χ1n) is 10.3. The van der Waals surface area contributed by atoms with E-state index in [0.717, 1.165) is 43.0 Å². The minimum atomic E-state index is -0.216. The fourth-order valence-electron chi connectivity index (χ4n) is 4.16. The van der Waals surface area contributed by atoms with E-state index in [1.54, 1.807) is 32.4 Å². The molecule has 0 bridgehead atoms. The molecule has 0 aliphatic carbocycles. The van der Waals surface area contributed by atoms with Crippen molar-refractivity contribution in [1.82, 2.24) is 10.2 Å². The molecule has 1 atom stereocenters. The maximum atomic E-state index is 13.1. The Labute approximate surface area is 176 Å². The number of benzene rings is 2. The number of nitrogens with one attached hydrogen (secondary N) is 1. The number of ether oxygens (including phenoxy) is 4. The monoisotopic (exact) mass is 412 g/mol. The largest absolute Gasteiger partial charge is 0.496 e. The molecule has 4 rings (SSSR count). The summed E-state index contributed by atoms with van der Waals surface area (Å²) in [5.41, 5.74) is 1.51. The molecule has 1 unspecified atom stereocenters. The van der Waals surface area contributed by atoms with Crippen molar-refractivity contribution in [2.45, 2.75) is 25.3 Å². The molecular weight excluding hydrogens is 384 g/mol. The van der Waals surface area contributed by atoms with Gasteiger partial charge in [0, 0.05) is 6.54 Å². The Hall–Kier alpha value is -2.93. The zero-order chi connectivity index (χ0) is 20.9. The van der Waals surface area contributed by atoms with Crippen molar-refractivity contribution < 1.29 is 23.7 Å². The van der Waals surface area contributed by atoms with Crippen LogP contribution in [0.25, 0.3) is 0 Å². The second-order valence-electron chi connectivity index (χ2n) is 7.47. The molecule has 0 radical (unpaired) electrons. The molecular formula is C23H28N2O5. The summed E-state index contributed by atoms with van der Waals surface area (Å²) in [4.78, 5) is 15.5. The number of carbonyl (C=O) groups excluding carboxylic acids is 1. The summed E-state index contributed by atoms with van der Waals surface area (Å²) in [5.74, 6) is 2.28. The number of piperidine rings is 1. The number of hydrogen-bond acceptors (Lipinski definition) is 6. The molecule has 1 fully saturated rings. The van der Waals surface area contributed by atoms with Gasteiger partial charge in [-0.25, -0.2) is 0 Å². The average molecular weight is 412 g/mol. The van der Waals surface area contributed by atoms with Crippen LogP contribution in [0, 0.1) is 0 Å². The smallest absolute Gasteiger partial charge is 0.258 e. The number of hydrogen-bond donors (Lipinski definition) is 1. The van der Waals surface area contributed by atoms with Gasteiger partial charge in [0.15, 0.2) is 11.5 Å². The second kappa shape index (κ2) is 9.26. The lowest BCUT2D eigenvalue weighted by Crippen LogP contribution is -2.40. The van der Waals surface area contributed by atoms with Crippen molar-refractivity contribution >= 4 is 5.91 Å².